The van der Waals surface area contributed by atoms with E-state index < -0.39 is 39.1 Å². The molecule has 0 atom stereocenters. The largest absolute Gasteiger partial charge is 0.647 e. The molecule has 0 fully saturated rings. The van der Waals surface area contributed by atoms with Crippen LogP contribution in [0, 0.1) is 0 Å². The Morgan fingerprint density at radius 1 is 0.0957 bits per heavy atom. The standard InChI is InChI=1S/5C18H15O4P/c5*19-23(20-16-10-4-1-5-11-16,21-17-12-6-2-7-13-17)22-18-14-8-3-9-15-18/h5*1-15H. The van der Waals surface area contributed by atoms with Crippen molar-refractivity contribution in [3.8, 4) is 86.2 Å². The quantitative estimate of drug-likeness (QED) is 0.0382. The van der Waals surface area contributed by atoms with Crippen LogP contribution >= 0.6 is 39.1 Å². The van der Waals surface area contributed by atoms with Crippen LogP contribution in [0.25, 0.3) is 0 Å². The molecule has 0 aromatic heterocycles. The molecule has 0 aliphatic carbocycles. The Bertz CT molecular complexity index is 4140. The molecule has 0 N–H and O–H groups in total. The SMILES string of the molecule is O=P(Oc1ccccc1)(Oc1ccccc1)Oc1ccccc1.O=P(Oc1ccccc1)(Oc1ccccc1)Oc1ccccc1.O=P(Oc1ccccc1)(Oc1ccccc1)Oc1ccccc1.O=P(Oc1ccccc1)(Oc1ccccc1)Oc1ccccc1.O=P(Oc1ccccc1)(Oc1ccccc1)Oc1ccccc1. The molecule has 0 saturated carbocycles. The number of para-hydroxylation sites is 15. The highest BCUT2D eigenvalue weighted by Crippen LogP contribution is 2.54. The van der Waals surface area contributed by atoms with E-state index >= 15 is 0 Å². The van der Waals surface area contributed by atoms with Crippen LogP contribution in [-0.2, 0) is 22.8 Å². The van der Waals surface area contributed by atoms with E-state index in [1.807, 2.05) is 91.0 Å². The molecule has 0 radical (unpaired) electrons. The molecular formula is C90H75O20P5. The van der Waals surface area contributed by atoms with Crippen molar-refractivity contribution < 1.29 is 90.7 Å². The summed E-state index contributed by atoms with van der Waals surface area (Å²) in [6.07, 6.45) is 0. The zero-order chi connectivity index (χ0) is 79.8. The van der Waals surface area contributed by atoms with Gasteiger partial charge in [-0.05, 0) is 182 Å². The molecule has 20 nitrogen and oxygen atoms in total. The van der Waals surface area contributed by atoms with Gasteiger partial charge in [-0.3, -0.25) is 0 Å². The van der Waals surface area contributed by atoms with Crippen molar-refractivity contribution >= 4 is 39.1 Å². The molecule has 115 heavy (non-hydrogen) atoms. The zero-order valence-electron chi connectivity index (χ0n) is 61.2. The van der Waals surface area contributed by atoms with Crippen LogP contribution in [0.4, 0.5) is 0 Å². The highest BCUT2D eigenvalue weighted by molar-refractivity contribution is 7.51. The van der Waals surface area contributed by atoms with Gasteiger partial charge < -0.3 is 67.9 Å². The maximum absolute atomic E-state index is 13.1. The summed E-state index contributed by atoms with van der Waals surface area (Å²) >= 11 is 0. The van der Waals surface area contributed by atoms with E-state index in [-0.39, 0.29) is 0 Å². The summed E-state index contributed by atoms with van der Waals surface area (Å²) < 4.78 is 148. The van der Waals surface area contributed by atoms with E-state index in [2.05, 4.69) is 0 Å². The second-order valence-electron chi connectivity index (χ2n) is 23.3. The maximum atomic E-state index is 13.1. The van der Waals surface area contributed by atoms with E-state index in [1.165, 1.54) is 0 Å². The molecule has 25 heteroatoms. The second-order valence-corrected chi connectivity index (χ2v) is 30.5. The van der Waals surface area contributed by atoms with Crippen LogP contribution in [0.1, 0.15) is 0 Å². The van der Waals surface area contributed by atoms with Crippen molar-refractivity contribution in [2.75, 3.05) is 0 Å². The molecule has 0 spiro atoms. The molecule has 0 aliphatic rings. The van der Waals surface area contributed by atoms with Gasteiger partial charge in [0, 0.05) is 0 Å². The first-order valence-corrected chi connectivity index (χ1v) is 42.7. The number of hydrogen-bond donors (Lipinski definition) is 0. The average Bonchev–Trinajstić information content (AvgIpc) is 0.855. The van der Waals surface area contributed by atoms with Crippen molar-refractivity contribution in [3.63, 3.8) is 0 Å². The molecule has 15 aromatic carbocycles. The minimum absolute atomic E-state index is 0.405. The number of rotatable bonds is 30. The predicted octanol–water partition coefficient (Wildman–Crippen LogP) is 26.7. The normalized spacial score (nSPS) is 10.8. The molecule has 580 valence electrons. The maximum Gasteiger partial charge on any atom is 0.647 e. The lowest BCUT2D eigenvalue weighted by atomic mass is 10.3. The monoisotopic (exact) mass is 1630 g/mol. The first kappa shape index (κ1) is 82.4. The topological polar surface area (TPSA) is 224 Å². The molecule has 0 heterocycles. The van der Waals surface area contributed by atoms with Gasteiger partial charge in [0.15, 0.2) is 0 Å². The molecular weight excluding hydrogens is 1560 g/mol. The summed E-state index contributed by atoms with van der Waals surface area (Å²) in [6, 6.07) is 132. The molecule has 0 amide bonds. The second kappa shape index (κ2) is 43.3. The molecule has 0 bridgehead atoms. The fourth-order valence-corrected chi connectivity index (χ4v) is 15.7. The van der Waals surface area contributed by atoms with Crippen molar-refractivity contribution in [1.29, 1.82) is 0 Å². The lowest BCUT2D eigenvalue weighted by molar-refractivity contribution is 0.296. The van der Waals surface area contributed by atoms with Crippen LogP contribution in [0.5, 0.6) is 86.2 Å². The Balaban J connectivity index is 0.000000142. The Hall–Kier alpha value is -13.6. The van der Waals surface area contributed by atoms with E-state index in [9.17, 15) is 22.8 Å². The van der Waals surface area contributed by atoms with Gasteiger partial charge in [-0.15, -0.1) is 0 Å². The van der Waals surface area contributed by atoms with Gasteiger partial charge in [0.2, 0.25) is 0 Å². The minimum atomic E-state index is -3.89. The zero-order valence-corrected chi connectivity index (χ0v) is 65.7. The van der Waals surface area contributed by atoms with Crippen LogP contribution < -0.4 is 67.9 Å². The van der Waals surface area contributed by atoms with Gasteiger partial charge in [-0.25, -0.2) is 0 Å². The third kappa shape index (κ3) is 29.6. The number of hydrogen-bond acceptors (Lipinski definition) is 20. The number of benzene rings is 15. The third-order valence-electron chi connectivity index (χ3n) is 14.4. The van der Waals surface area contributed by atoms with Gasteiger partial charge in [0.25, 0.3) is 0 Å². The Kier molecular flexibility index (Phi) is 31.0. The molecule has 0 unspecified atom stereocenters. The third-order valence-corrected chi connectivity index (χ3v) is 20.9. The van der Waals surface area contributed by atoms with Crippen LogP contribution in [0.2, 0.25) is 0 Å². The lowest BCUT2D eigenvalue weighted by Gasteiger charge is -2.19. The van der Waals surface area contributed by atoms with E-state index in [0.717, 1.165) is 0 Å². The van der Waals surface area contributed by atoms with Gasteiger partial charge in [-0.2, -0.15) is 22.8 Å². The Morgan fingerprint density at radius 2 is 0.148 bits per heavy atom. The first-order chi connectivity index (χ1) is 56.2. The average molecular weight is 1630 g/mol. The lowest BCUT2D eigenvalue weighted by Crippen LogP contribution is -2.07. The molecule has 0 saturated heterocycles. The van der Waals surface area contributed by atoms with Gasteiger partial charge >= 0.3 is 39.1 Å². The highest BCUT2D eigenvalue weighted by Gasteiger charge is 2.37. The van der Waals surface area contributed by atoms with Crippen molar-refractivity contribution in [1.82, 2.24) is 0 Å². The van der Waals surface area contributed by atoms with Gasteiger partial charge in [0.1, 0.15) is 86.2 Å². The summed E-state index contributed by atoms with van der Waals surface area (Å²) in [5.41, 5.74) is 0. The van der Waals surface area contributed by atoms with Crippen molar-refractivity contribution in [3.05, 3.63) is 455 Å². The van der Waals surface area contributed by atoms with Crippen molar-refractivity contribution in [2.45, 2.75) is 0 Å². The predicted molar refractivity (Wildman–Crippen MR) is 444 cm³/mol. The fourth-order valence-electron chi connectivity index (χ4n) is 9.44. The first-order valence-electron chi connectivity index (χ1n) is 35.4. The van der Waals surface area contributed by atoms with Crippen molar-refractivity contribution in [2.24, 2.45) is 0 Å². The fraction of sp³-hybridized carbons (Fsp3) is 0. The van der Waals surface area contributed by atoms with Gasteiger partial charge in [-0.1, -0.05) is 273 Å². The van der Waals surface area contributed by atoms with Crippen LogP contribution in [0.3, 0.4) is 0 Å². The van der Waals surface area contributed by atoms with Gasteiger partial charge in [0.05, 0.1) is 0 Å². The van der Waals surface area contributed by atoms with Crippen LogP contribution in [-0.4, -0.2) is 0 Å². The molecule has 15 aromatic rings. The summed E-state index contributed by atoms with van der Waals surface area (Å²) in [7, 11) is -19.4. The summed E-state index contributed by atoms with van der Waals surface area (Å²) in [5, 5.41) is 0. The summed E-state index contributed by atoms with van der Waals surface area (Å²) in [4.78, 5) is 0. The van der Waals surface area contributed by atoms with E-state index in [1.54, 1.807) is 364 Å². The highest BCUT2D eigenvalue weighted by atomic mass is 31.2. The van der Waals surface area contributed by atoms with E-state index in [0.29, 0.717) is 86.2 Å². The Labute approximate surface area is 667 Å². The smallest absolute Gasteiger partial charge is 0.386 e. The van der Waals surface area contributed by atoms with Crippen LogP contribution in [0.15, 0.2) is 455 Å². The van der Waals surface area contributed by atoms with E-state index in [4.69, 9.17) is 67.9 Å². The summed E-state index contributed by atoms with van der Waals surface area (Å²) in [6.45, 7) is 0. The summed E-state index contributed by atoms with van der Waals surface area (Å²) in [5.74, 6) is 6.08. The number of phosphoric ester groups is 5. The Morgan fingerprint density at radius 3 is 0.200 bits per heavy atom. The number of phosphoric acid groups is 5. The molecule has 15 rings (SSSR count). The molecule has 0 aliphatic heterocycles. The minimum Gasteiger partial charge on any atom is -0.386 e.